The Kier molecular flexibility index (Phi) is 5.24. The van der Waals surface area contributed by atoms with E-state index in [-0.39, 0.29) is 12.0 Å². The van der Waals surface area contributed by atoms with Crippen LogP contribution in [-0.2, 0) is 11.2 Å². The fourth-order valence-corrected chi connectivity index (χ4v) is 4.67. The van der Waals surface area contributed by atoms with Gasteiger partial charge < -0.3 is 14.1 Å². The summed E-state index contributed by atoms with van der Waals surface area (Å²) in [6.45, 7) is 5.51. The maximum atomic E-state index is 11.0. The summed E-state index contributed by atoms with van der Waals surface area (Å²) in [5, 5.41) is 13.7. The summed E-state index contributed by atoms with van der Waals surface area (Å²) in [6.07, 6.45) is 3.02. The zero-order valence-electron chi connectivity index (χ0n) is 18.1. The number of aldehydes is 1. The van der Waals surface area contributed by atoms with Crippen LogP contribution in [0, 0.1) is 17.2 Å². The first-order chi connectivity index (χ1) is 15.6. The number of benzene rings is 2. The molecule has 2 aromatic carbocycles. The molecule has 0 spiro atoms. The van der Waals surface area contributed by atoms with Gasteiger partial charge in [-0.2, -0.15) is 10.2 Å². The summed E-state index contributed by atoms with van der Waals surface area (Å²) in [4.78, 5) is 18.0. The molecule has 0 unspecified atom stereocenters. The van der Waals surface area contributed by atoms with Crippen molar-refractivity contribution in [1.29, 1.82) is 5.26 Å². The maximum Gasteiger partial charge on any atom is 0.258 e. The van der Waals surface area contributed by atoms with Gasteiger partial charge >= 0.3 is 0 Å². The highest BCUT2D eigenvalue weighted by Crippen LogP contribution is 2.42. The molecule has 0 bridgehead atoms. The molecule has 0 amide bonds. The van der Waals surface area contributed by atoms with Crippen molar-refractivity contribution in [2.24, 2.45) is 5.92 Å². The lowest BCUT2D eigenvalue weighted by Gasteiger charge is -2.41. The second-order valence-corrected chi connectivity index (χ2v) is 8.69. The van der Waals surface area contributed by atoms with Crippen molar-refractivity contribution in [3.8, 4) is 34.7 Å². The molecule has 1 aliphatic heterocycles. The third kappa shape index (κ3) is 3.57. The van der Waals surface area contributed by atoms with Gasteiger partial charge in [0.25, 0.3) is 5.89 Å². The number of nitriles is 1. The minimum atomic E-state index is -0.0208. The van der Waals surface area contributed by atoms with Crippen LogP contribution in [-0.4, -0.2) is 40.5 Å². The molecule has 1 aliphatic carbocycles. The van der Waals surface area contributed by atoms with Crippen LogP contribution in [0.2, 0.25) is 0 Å². The predicted molar refractivity (Wildman–Crippen MR) is 118 cm³/mol. The van der Waals surface area contributed by atoms with E-state index in [4.69, 9.17) is 9.26 Å². The van der Waals surface area contributed by atoms with E-state index in [1.807, 2.05) is 32.0 Å². The zero-order valence-corrected chi connectivity index (χ0v) is 18.1. The molecule has 7 heteroatoms. The molecule has 2 aliphatic rings. The maximum absolute atomic E-state index is 11.0. The van der Waals surface area contributed by atoms with E-state index in [0.717, 1.165) is 37.8 Å². The van der Waals surface area contributed by atoms with Gasteiger partial charge in [0.05, 0.1) is 11.7 Å². The van der Waals surface area contributed by atoms with Crippen LogP contribution in [0.15, 0.2) is 40.9 Å². The van der Waals surface area contributed by atoms with Gasteiger partial charge in [0, 0.05) is 36.2 Å². The van der Waals surface area contributed by atoms with Gasteiger partial charge in [0.1, 0.15) is 18.1 Å². The Balaban J connectivity index is 1.42. The van der Waals surface area contributed by atoms with Crippen molar-refractivity contribution < 1.29 is 14.1 Å². The van der Waals surface area contributed by atoms with Gasteiger partial charge in [-0.3, -0.25) is 4.90 Å². The molecule has 32 heavy (non-hydrogen) atoms. The van der Waals surface area contributed by atoms with Crippen LogP contribution in [0.4, 0.5) is 0 Å². The number of rotatable bonds is 6. The molecule has 1 atom stereocenters. The van der Waals surface area contributed by atoms with Gasteiger partial charge in [-0.15, -0.1) is 0 Å². The minimum absolute atomic E-state index is 0.0208. The summed E-state index contributed by atoms with van der Waals surface area (Å²) < 4.78 is 11.3. The Hall–Kier alpha value is -3.50. The van der Waals surface area contributed by atoms with Crippen LogP contribution >= 0.6 is 0 Å². The van der Waals surface area contributed by atoms with Gasteiger partial charge in [-0.25, -0.2) is 0 Å². The third-order valence-electron chi connectivity index (χ3n) is 6.19. The molecule has 3 aromatic rings. The van der Waals surface area contributed by atoms with E-state index in [9.17, 15) is 10.1 Å². The number of hydrogen-bond acceptors (Lipinski definition) is 7. The molecular weight excluding hydrogens is 404 g/mol. The van der Waals surface area contributed by atoms with Gasteiger partial charge in [-0.1, -0.05) is 23.4 Å². The average Bonchev–Trinajstić information content (AvgIpc) is 3.41. The largest absolute Gasteiger partial charge is 0.490 e. The third-order valence-corrected chi connectivity index (χ3v) is 6.19. The van der Waals surface area contributed by atoms with E-state index in [1.54, 1.807) is 12.1 Å². The quantitative estimate of drug-likeness (QED) is 0.544. The van der Waals surface area contributed by atoms with Gasteiger partial charge in [-0.05, 0) is 56.0 Å². The first-order valence-corrected chi connectivity index (χ1v) is 10.9. The van der Waals surface area contributed by atoms with Crippen molar-refractivity contribution in [2.75, 3.05) is 13.1 Å². The molecule has 0 N–H and O–H groups in total. The minimum Gasteiger partial charge on any atom is -0.490 e. The molecule has 162 valence electrons. The number of carbonyl (C=O) groups excluding carboxylic acids is 1. The van der Waals surface area contributed by atoms with Crippen molar-refractivity contribution in [3.05, 3.63) is 53.1 Å². The van der Waals surface area contributed by atoms with Crippen molar-refractivity contribution in [1.82, 2.24) is 15.0 Å². The average molecular weight is 428 g/mol. The zero-order chi connectivity index (χ0) is 22.2. The Bertz CT molecular complexity index is 1200. The van der Waals surface area contributed by atoms with Crippen LogP contribution in [0.25, 0.3) is 22.8 Å². The fourth-order valence-electron chi connectivity index (χ4n) is 4.67. The number of aromatic nitrogens is 2. The lowest BCUT2D eigenvalue weighted by atomic mass is 9.95. The normalized spacial score (nSPS) is 18.2. The first kappa shape index (κ1) is 20.4. The molecule has 1 aromatic heterocycles. The summed E-state index contributed by atoms with van der Waals surface area (Å²) in [5.74, 6) is 1.63. The lowest BCUT2D eigenvalue weighted by molar-refractivity contribution is -0.116. The number of fused-ring (bicyclic) bond motifs is 1. The second kappa shape index (κ2) is 8.21. The highest BCUT2D eigenvalue weighted by atomic mass is 16.5. The molecule has 2 heterocycles. The highest BCUT2D eigenvalue weighted by molar-refractivity contribution is 5.67. The smallest absolute Gasteiger partial charge is 0.258 e. The van der Waals surface area contributed by atoms with E-state index in [2.05, 4.69) is 27.2 Å². The van der Waals surface area contributed by atoms with Crippen LogP contribution < -0.4 is 4.74 Å². The SMILES string of the molecule is CC(C)Oc1ccc(-c2nc(-c3cccc4c3CC[C@H]4N3CC(C=O)C3)no2)cc1C#N. The van der Waals surface area contributed by atoms with Crippen LogP contribution in [0.3, 0.4) is 0 Å². The van der Waals surface area contributed by atoms with Gasteiger partial charge in [0.15, 0.2) is 0 Å². The molecular formula is C25H24N4O3. The summed E-state index contributed by atoms with van der Waals surface area (Å²) in [7, 11) is 0. The topological polar surface area (TPSA) is 92.2 Å². The lowest BCUT2D eigenvalue weighted by Crippen LogP contribution is -2.48. The molecule has 7 nitrogen and oxygen atoms in total. The number of nitrogens with zero attached hydrogens (tertiary/aromatic N) is 4. The van der Waals surface area contributed by atoms with E-state index in [1.165, 1.54) is 11.1 Å². The molecule has 1 saturated heterocycles. The standard InChI is InChI=1S/C25H24N4O3/c1-15(2)31-23-9-6-17(10-18(23)11-26)25-27-24(28-32-25)21-5-3-4-20-19(21)7-8-22(20)29-12-16(13-29)14-30/h3-6,9-10,14-16,22H,7-8,12-13H2,1-2H3/t22-/m1/s1. The van der Waals surface area contributed by atoms with E-state index >= 15 is 0 Å². The molecule has 0 radical (unpaired) electrons. The first-order valence-electron chi connectivity index (χ1n) is 10.9. The Morgan fingerprint density at radius 3 is 2.88 bits per heavy atom. The van der Waals surface area contributed by atoms with E-state index < -0.39 is 0 Å². The summed E-state index contributed by atoms with van der Waals surface area (Å²) in [6, 6.07) is 14.1. The van der Waals surface area contributed by atoms with Crippen molar-refractivity contribution in [3.63, 3.8) is 0 Å². The van der Waals surface area contributed by atoms with Crippen LogP contribution in [0.1, 0.15) is 43.0 Å². The molecule has 5 rings (SSSR count). The van der Waals surface area contributed by atoms with Crippen molar-refractivity contribution in [2.45, 2.75) is 38.8 Å². The number of likely N-dealkylation sites (tertiary alicyclic amines) is 1. The Labute approximate surface area is 186 Å². The summed E-state index contributed by atoms with van der Waals surface area (Å²) >= 11 is 0. The Morgan fingerprint density at radius 1 is 1.28 bits per heavy atom. The van der Waals surface area contributed by atoms with E-state index in [0.29, 0.717) is 34.6 Å². The van der Waals surface area contributed by atoms with Crippen LogP contribution in [0.5, 0.6) is 5.75 Å². The predicted octanol–water partition coefficient (Wildman–Crippen LogP) is 4.18. The molecule has 1 fully saturated rings. The monoisotopic (exact) mass is 428 g/mol. The van der Waals surface area contributed by atoms with Crippen molar-refractivity contribution >= 4 is 6.29 Å². The number of ether oxygens (including phenoxy) is 1. The molecule has 0 saturated carbocycles. The second-order valence-electron chi connectivity index (χ2n) is 8.69. The number of carbonyl (C=O) groups is 1. The Morgan fingerprint density at radius 2 is 2.12 bits per heavy atom. The summed E-state index contributed by atoms with van der Waals surface area (Å²) in [5.41, 5.74) is 4.63. The number of hydrogen-bond donors (Lipinski definition) is 0. The highest BCUT2D eigenvalue weighted by Gasteiger charge is 2.37. The fraction of sp³-hybridized carbons (Fsp3) is 0.360. The van der Waals surface area contributed by atoms with Gasteiger partial charge in [0.2, 0.25) is 5.82 Å².